The Hall–Kier alpha value is -1.77. The fourth-order valence-corrected chi connectivity index (χ4v) is 3.31. The van der Waals surface area contributed by atoms with Gasteiger partial charge in [-0.15, -0.1) is 11.3 Å². The minimum Gasteiger partial charge on any atom is -0.478 e. The van der Waals surface area contributed by atoms with Crippen molar-refractivity contribution in [1.29, 1.82) is 0 Å². The summed E-state index contributed by atoms with van der Waals surface area (Å²) in [4.78, 5) is 31.1. The van der Waals surface area contributed by atoms with Gasteiger partial charge in [-0.25, -0.2) is 9.78 Å². The van der Waals surface area contributed by atoms with Gasteiger partial charge < -0.3 is 14.7 Å². The minimum atomic E-state index is -1.10. The molecule has 0 saturated heterocycles. The first-order chi connectivity index (χ1) is 11.0. The number of carboxylic acid groups (broad SMARTS) is 1. The van der Waals surface area contributed by atoms with Gasteiger partial charge in [0.15, 0.2) is 0 Å². The fourth-order valence-electron chi connectivity index (χ4n) is 2.38. The van der Waals surface area contributed by atoms with E-state index in [1.807, 2.05) is 19.0 Å². The predicted molar refractivity (Wildman–Crippen MR) is 89.6 cm³/mol. The number of nitrogens with zero attached hydrogens (tertiary/aromatic N) is 3. The van der Waals surface area contributed by atoms with Crippen molar-refractivity contribution in [3.05, 3.63) is 27.1 Å². The number of thiophene rings is 1. The highest BCUT2D eigenvalue weighted by Gasteiger charge is 2.19. The first-order valence-electron chi connectivity index (χ1n) is 7.33. The molecule has 7 nitrogen and oxygen atoms in total. The van der Waals surface area contributed by atoms with Crippen LogP contribution in [-0.2, 0) is 17.7 Å². The molecule has 1 N–H and O–H groups in total. The van der Waals surface area contributed by atoms with Crippen LogP contribution in [0.15, 0.2) is 10.2 Å². The second kappa shape index (κ2) is 7.67. The van der Waals surface area contributed by atoms with Gasteiger partial charge in [0, 0.05) is 25.5 Å². The summed E-state index contributed by atoms with van der Waals surface area (Å²) in [6, 6.07) is 0. The topological polar surface area (TPSA) is 84.7 Å². The Labute approximate surface area is 138 Å². The van der Waals surface area contributed by atoms with Crippen molar-refractivity contribution in [3.63, 3.8) is 0 Å². The largest absolute Gasteiger partial charge is 0.478 e. The molecule has 0 bridgehead atoms. The SMILES string of the molecule is COCCc1nc2scc(C(=O)O)c2c(=O)n1CCCN(C)C. The average molecular weight is 339 g/mol. The van der Waals surface area contributed by atoms with E-state index in [0.717, 1.165) is 13.0 Å². The van der Waals surface area contributed by atoms with Crippen molar-refractivity contribution < 1.29 is 14.6 Å². The zero-order valence-corrected chi connectivity index (χ0v) is 14.4. The molecule has 0 aliphatic heterocycles. The predicted octanol–water partition coefficient (Wildman–Crippen LogP) is 1.30. The number of ether oxygens (including phenoxy) is 1. The molecule has 0 radical (unpaired) electrons. The van der Waals surface area contributed by atoms with Crippen LogP contribution in [0.2, 0.25) is 0 Å². The molecule has 126 valence electrons. The third kappa shape index (κ3) is 3.95. The number of aromatic nitrogens is 2. The maximum Gasteiger partial charge on any atom is 0.337 e. The highest BCUT2D eigenvalue weighted by Crippen LogP contribution is 2.22. The molecule has 0 saturated carbocycles. The van der Waals surface area contributed by atoms with E-state index in [0.29, 0.717) is 30.2 Å². The van der Waals surface area contributed by atoms with Crippen molar-refractivity contribution in [1.82, 2.24) is 14.5 Å². The number of rotatable bonds is 8. The molecule has 0 fully saturated rings. The summed E-state index contributed by atoms with van der Waals surface area (Å²) in [5.41, 5.74) is -0.249. The number of carbonyl (C=O) groups is 1. The van der Waals surface area contributed by atoms with Gasteiger partial charge >= 0.3 is 5.97 Å². The van der Waals surface area contributed by atoms with Crippen molar-refractivity contribution in [3.8, 4) is 0 Å². The lowest BCUT2D eigenvalue weighted by Gasteiger charge is -2.14. The Bertz CT molecular complexity index is 751. The monoisotopic (exact) mass is 339 g/mol. The maximum absolute atomic E-state index is 12.8. The second-order valence-corrected chi connectivity index (χ2v) is 6.38. The Morgan fingerprint density at radius 1 is 1.48 bits per heavy atom. The summed E-state index contributed by atoms with van der Waals surface area (Å²) in [6.45, 7) is 1.81. The summed E-state index contributed by atoms with van der Waals surface area (Å²) in [7, 11) is 5.54. The normalized spacial score (nSPS) is 11.5. The van der Waals surface area contributed by atoms with E-state index < -0.39 is 5.97 Å². The third-order valence-electron chi connectivity index (χ3n) is 3.52. The molecule has 2 aromatic heterocycles. The number of fused-ring (bicyclic) bond motifs is 1. The highest BCUT2D eigenvalue weighted by atomic mass is 32.1. The van der Waals surface area contributed by atoms with Gasteiger partial charge in [-0.3, -0.25) is 9.36 Å². The Kier molecular flexibility index (Phi) is 5.86. The molecule has 0 spiro atoms. The van der Waals surface area contributed by atoms with E-state index in [-0.39, 0.29) is 16.5 Å². The van der Waals surface area contributed by atoms with Crippen LogP contribution < -0.4 is 5.56 Å². The first-order valence-corrected chi connectivity index (χ1v) is 8.21. The van der Waals surface area contributed by atoms with Crippen LogP contribution in [0.3, 0.4) is 0 Å². The molecule has 0 aromatic carbocycles. The van der Waals surface area contributed by atoms with Crippen molar-refractivity contribution in [2.75, 3.05) is 34.4 Å². The number of carboxylic acids is 1. The van der Waals surface area contributed by atoms with Crippen LogP contribution >= 0.6 is 11.3 Å². The molecule has 2 rings (SSSR count). The maximum atomic E-state index is 12.8. The van der Waals surface area contributed by atoms with Gasteiger partial charge in [0.05, 0.1) is 17.6 Å². The average Bonchev–Trinajstić information content (AvgIpc) is 2.91. The third-order valence-corrected chi connectivity index (χ3v) is 4.39. The van der Waals surface area contributed by atoms with E-state index in [9.17, 15) is 14.7 Å². The lowest BCUT2D eigenvalue weighted by atomic mass is 10.2. The van der Waals surface area contributed by atoms with Crippen molar-refractivity contribution in [2.45, 2.75) is 19.4 Å². The Morgan fingerprint density at radius 3 is 2.83 bits per heavy atom. The van der Waals surface area contributed by atoms with Crippen LogP contribution in [0.4, 0.5) is 0 Å². The van der Waals surface area contributed by atoms with Crippen molar-refractivity contribution in [2.24, 2.45) is 0 Å². The summed E-state index contributed by atoms with van der Waals surface area (Å²) < 4.78 is 6.67. The highest BCUT2D eigenvalue weighted by molar-refractivity contribution is 7.17. The van der Waals surface area contributed by atoms with Crippen LogP contribution in [0.1, 0.15) is 22.6 Å². The van der Waals surface area contributed by atoms with E-state index in [1.54, 1.807) is 11.7 Å². The molecule has 0 atom stereocenters. The van der Waals surface area contributed by atoms with E-state index >= 15 is 0 Å². The quantitative estimate of drug-likeness (QED) is 0.780. The van der Waals surface area contributed by atoms with Gasteiger partial charge in [-0.05, 0) is 27.1 Å². The lowest BCUT2D eigenvalue weighted by Crippen LogP contribution is -2.28. The summed E-state index contributed by atoms with van der Waals surface area (Å²) in [5, 5.41) is 10.9. The summed E-state index contributed by atoms with van der Waals surface area (Å²) >= 11 is 1.19. The van der Waals surface area contributed by atoms with Crippen molar-refractivity contribution >= 4 is 27.5 Å². The molecule has 2 aromatic rings. The molecule has 2 heterocycles. The van der Waals surface area contributed by atoms with E-state index in [1.165, 1.54) is 16.7 Å². The molecule has 0 amide bonds. The number of aromatic carboxylic acids is 1. The van der Waals surface area contributed by atoms with E-state index in [4.69, 9.17) is 4.74 Å². The van der Waals surface area contributed by atoms with E-state index in [2.05, 4.69) is 4.98 Å². The van der Waals surface area contributed by atoms with Gasteiger partial charge in [0.25, 0.3) is 5.56 Å². The van der Waals surface area contributed by atoms with Gasteiger partial charge in [0.1, 0.15) is 10.7 Å². The second-order valence-electron chi connectivity index (χ2n) is 5.52. The van der Waals surface area contributed by atoms with Crippen LogP contribution in [0.25, 0.3) is 10.2 Å². The number of hydrogen-bond acceptors (Lipinski definition) is 6. The number of hydrogen-bond donors (Lipinski definition) is 1. The Morgan fingerprint density at radius 2 is 2.22 bits per heavy atom. The Balaban J connectivity index is 2.49. The molecule has 0 unspecified atom stereocenters. The smallest absolute Gasteiger partial charge is 0.337 e. The van der Waals surface area contributed by atoms with Crippen LogP contribution in [-0.4, -0.2) is 59.9 Å². The van der Waals surface area contributed by atoms with Gasteiger partial charge in [-0.2, -0.15) is 0 Å². The molecular weight excluding hydrogens is 318 g/mol. The zero-order valence-electron chi connectivity index (χ0n) is 13.5. The van der Waals surface area contributed by atoms with Crippen LogP contribution in [0.5, 0.6) is 0 Å². The van der Waals surface area contributed by atoms with Crippen LogP contribution in [0, 0.1) is 0 Å². The zero-order chi connectivity index (χ0) is 17.0. The molecular formula is C15H21N3O4S. The summed E-state index contributed by atoms with van der Waals surface area (Å²) in [5.74, 6) is -0.457. The molecule has 0 aliphatic rings. The van der Waals surface area contributed by atoms with Gasteiger partial charge in [-0.1, -0.05) is 0 Å². The minimum absolute atomic E-state index is 0.0298. The lowest BCUT2D eigenvalue weighted by molar-refractivity contribution is 0.0699. The molecule has 8 heteroatoms. The first kappa shape index (κ1) is 17.6. The number of methoxy groups -OCH3 is 1. The van der Waals surface area contributed by atoms with Gasteiger partial charge in [0.2, 0.25) is 0 Å². The summed E-state index contributed by atoms with van der Waals surface area (Å²) in [6.07, 6.45) is 1.30. The molecule has 23 heavy (non-hydrogen) atoms. The standard InChI is InChI=1S/C15H21N3O4S/c1-17(2)6-4-7-18-11(5-8-22-3)16-13-12(14(18)19)10(9-23-13)15(20)21/h9H,4-8H2,1-3H3,(H,20,21). The fraction of sp³-hybridized carbons (Fsp3) is 0.533. The molecule has 0 aliphatic carbocycles.